The van der Waals surface area contributed by atoms with E-state index in [0.29, 0.717) is 0 Å². The second kappa shape index (κ2) is 4.36. The third-order valence-electron chi connectivity index (χ3n) is 3.68. The summed E-state index contributed by atoms with van der Waals surface area (Å²) in [6.07, 6.45) is 5.26. The molecule has 1 heterocycles. The highest BCUT2D eigenvalue weighted by molar-refractivity contribution is 5.51. The smallest absolute Gasteiger partial charge is 0.135 e. The van der Waals surface area contributed by atoms with Gasteiger partial charge in [0.25, 0.3) is 0 Å². The van der Waals surface area contributed by atoms with E-state index in [4.69, 9.17) is 0 Å². The summed E-state index contributed by atoms with van der Waals surface area (Å²) >= 11 is 0. The van der Waals surface area contributed by atoms with Crippen molar-refractivity contribution in [1.29, 1.82) is 0 Å². The molecule has 15 heavy (non-hydrogen) atoms. The van der Waals surface area contributed by atoms with Crippen LogP contribution in [0.1, 0.15) is 31.7 Å². The van der Waals surface area contributed by atoms with Gasteiger partial charge in [0.2, 0.25) is 0 Å². The summed E-state index contributed by atoms with van der Waals surface area (Å²) < 4.78 is 1.16. The number of rotatable bonds is 3. The number of aryl methyl sites for hydroxylation is 1. The number of benzene rings is 1. The van der Waals surface area contributed by atoms with Gasteiger partial charge in [-0.1, -0.05) is 31.5 Å². The third kappa shape index (κ3) is 2.07. The summed E-state index contributed by atoms with van der Waals surface area (Å²) in [6.45, 7) is 4.90. The molecule has 1 aliphatic rings. The Kier molecular flexibility index (Phi) is 3.11. The summed E-state index contributed by atoms with van der Waals surface area (Å²) in [5.41, 5.74) is 3.14. The molecule has 0 fully saturated rings. The lowest BCUT2D eigenvalue weighted by Crippen LogP contribution is -2.49. The van der Waals surface area contributed by atoms with Crippen LogP contribution in [0.3, 0.4) is 0 Å². The maximum Gasteiger partial charge on any atom is 0.135 e. The van der Waals surface area contributed by atoms with Crippen LogP contribution in [0.15, 0.2) is 24.3 Å². The van der Waals surface area contributed by atoms with Crippen molar-refractivity contribution in [3.05, 3.63) is 29.8 Å². The number of unbranched alkanes of at least 4 members (excludes halogenated alkanes) is 1. The molecule has 0 amide bonds. The van der Waals surface area contributed by atoms with Crippen LogP contribution in [0.2, 0.25) is 0 Å². The average Bonchev–Trinajstić information content (AvgIpc) is 2.27. The topological polar surface area (TPSA) is 0 Å². The monoisotopic (exact) mass is 204 g/mol. The van der Waals surface area contributed by atoms with Crippen LogP contribution in [-0.2, 0) is 6.42 Å². The highest BCUT2D eigenvalue weighted by Gasteiger charge is 2.30. The quantitative estimate of drug-likeness (QED) is 0.662. The van der Waals surface area contributed by atoms with E-state index in [2.05, 4.69) is 38.2 Å². The van der Waals surface area contributed by atoms with Crippen molar-refractivity contribution in [1.82, 2.24) is 4.48 Å². The fraction of sp³-hybridized carbons (Fsp3) is 0.571. The minimum absolute atomic E-state index is 1.16. The maximum atomic E-state index is 2.40. The number of hydrogen-bond donors (Lipinski definition) is 0. The van der Waals surface area contributed by atoms with E-state index in [-0.39, 0.29) is 0 Å². The van der Waals surface area contributed by atoms with Crippen LogP contribution in [0.25, 0.3) is 0 Å². The molecule has 2 rings (SSSR count). The van der Waals surface area contributed by atoms with Crippen LogP contribution in [0, 0.1) is 0 Å². The van der Waals surface area contributed by atoms with E-state index < -0.39 is 0 Å². The van der Waals surface area contributed by atoms with E-state index in [1.54, 1.807) is 11.3 Å². The Morgan fingerprint density at radius 3 is 2.87 bits per heavy atom. The zero-order valence-corrected chi connectivity index (χ0v) is 10.00. The number of nitrogens with zero attached hydrogens (tertiary/aromatic N) is 1. The minimum atomic E-state index is 1.16. The maximum absolute atomic E-state index is 2.40. The van der Waals surface area contributed by atoms with Crippen LogP contribution < -0.4 is 4.48 Å². The predicted molar refractivity (Wildman–Crippen MR) is 67.1 cm³/mol. The van der Waals surface area contributed by atoms with Gasteiger partial charge in [0.05, 0.1) is 20.1 Å². The van der Waals surface area contributed by atoms with Gasteiger partial charge in [-0.15, -0.1) is 0 Å². The van der Waals surface area contributed by atoms with Crippen molar-refractivity contribution < 1.29 is 0 Å². The van der Waals surface area contributed by atoms with Gasteiger partial charge in [-0.2, -0.15) is 0 Å². The Balaban J connectivity index is 2.27. The predicted octanol–water partition coefficient (Wildman–Crippen LogP) is 3.37. The highest BCUT2D eigenvalue weighted by atomic mass is 15.3. The summed E-state index contributed by atoms with van der Waals surface area (Å²) in [6, 6.07) is 8.99. The first-order valence-corrected chi connectivity index (χ1v) is 6.19. The molecule has 0 saturated heterocycles. The van der Waals surface area contributed by atoms with Gasteiger partial charge >= 0.3 is 0 Å². The van der Waals surface area contributed by atoms with E-state index in [9.17, 15) is 0 Å². The molecule has 0 aliphatic carbocycles. The largest absolute Gasteiger partial charge is 0.293 e. The molecule has 0 N–H and O–H groups in total. The van der Waals surface area contributed by atoms with Crippen molar-refractivity contribution in [2.45, 2.75) is 32.6 Å². The standard InChI is InChI=1S/C14H22N/c1-3-4-11-15(2)12-7-9-13-8-5-6-10-14(13)15/h5-6,8,10H,3-4,7,9,11-12H2,1-2H3/q+1. The van der Waals surface area contributed by atoms with Crippen molar-refractivity contribution in [3.63, 3.8) is 0 Å². The number of quaternary nitrogens is 1. The van der Waals surface area contributed by atoms with Crippen LogP contribution in [0.4, 0.5) is 5.69 Å². The molecular formula is C14H22N+. The van der Waals surface area contributed by atoms with Crippen molar-refractivity contribution in [2.75, 3.05) is 20.1 Å². The molecule has 1 atom stereocenters. The fourth-order valence-electron chi connectivity index (χ4n) is 2.73. The molecule has 1 aliphatic heterocycles. The Morgan fingerprint density at radius 2 is 2.07 bits per heavy atom. The van der Waals surface area contributed by atoms with E-state index in [0.717, 1.165) is 4.48 Å². The van der Waals surface area contributed by atoms with E-state index in [1.807, 2.05) is 0 Å². The Hall–Kier alpha value is -0.820. The van der Waals surface area contributed by atoms with Gasteiger partial charge < -0.3 is 0 Å². The lowest BCUT2D eigenvalue weighted by Gasteiger charge is -2.38. The molecule has 82 valence electrons. The first-order chi connectivity index (χ1) is 7.26. The lowest BCUT2D eigenvalue weighted by molar-refractivity contribution is 0.303. The third-order valence-corrected chi connectivity index (χ3v) is 3.68. The summed E-state index contributed by atoms with van der Waals surface area (Å²) in [5, 5.41) is 0. The summed E-state index contributed by atoms with van der Waals surface area (Å²) in [7, 11) is 2.40. The van der Waals surface area contributed by atoms with Gasteiger partial charge in [0.1, 0.15) is 5.69 Å². The van der Waals surface area contributed by atoms with Crippen molar-refractivity contribution in [3.8, 4) is 0 Å². The average molecular weight is 204 g/mol. The molecule has 0 spiro atoms. The van der Waals surface area contributed by atoms with Gasteiger partial charge in [-0.25, -0.2) is 0 Å². The normalized spacial score (nSPS) is 24.9. The molecule has 0 bridgehead atoms. The van der Waals surface area contributed by atoms with Crippen molar-refractivity contribution >= 4 is 5.69 Å². The number of para-hydroxylation sites is 1. The minimum Gasteiger partial charge on any atom is -0.293 e. The van der Waals surface area contributed by atoms with E-state index in [1.165, 1.54) is 38.8 Å². The second-order valence-electron chi connectivity index (χ2n) is 4.93. The first kappa shape index (κ1) is 10.7. The zero-order chi connectivity index (χ0) is 10.7. The van der Waals surface area contributed by atoms with Gasteiger partial charge in [0, 0.05) is 12.0 Å². The molecule has 1 nitrogen and oxygen atoms in total. The van der Waals surface area contributed by atoms with Crippen LogP contribution >= 0.6 is 0 Å². The van der Waals surface area contributed by atoms with E-state index >= 15 is 0 Å². The first-order valence-electron chi connectivity index (χ1n) is 6.19. The number of fused-ring (bicyclic) bond motifs is 1. The molecule has 0 aromatic heterocycles. The zero-order valence-electron chi connectivity index (χ0n) is 10.00. The second-order valence-corrected chi connectivity index (χ2v) is 4.93. The van der Waals surface area contributed by atoms with Crippen molar-refractivity contribution in [2.24, 2.45) is 0 Å². The number of hydrogen-bond acceptors (Lipinski definition) is 0. The lowest BCUT2D eigenvalue weighted by atomic mass is 9.99. The Bertz CT molecular complexity index is 332. The molecule has 1 unspecified atom stereocenters. The van der Waals surface area contributed by atoms with Gasteiger partial charge in [0.15, 0.2) is 0 Å². The Morgan fingerprint density at radius 1 is 1.27 bits per heavy atom. The molecular weight excluding hydrogens is 182 g/mol. The molecule has 0 saturated carbocycles. The SMILES string of the molecule is CCCC[N+]1(C)CCCc2ccccc21. The molecule has 1 aromatic carbocycles. The molecule has 1 aromatic rings. The van der Waals surface area contributed by atoms with Gasteiger partial charge in [-0.3, -0.25) is 4.48 Å². The molecule has 0 radical (unpaired) electrons. The summed E-state index contributed by atoms with van der Waals surface area (Å²) in [5.74, 6) is 0. The Labute approximate surface area is 93.3 Å². The highest BCUT2D eigenvalue weighted by Crippen LogP contribution is 2.31. The molecule has 1 heteroatoms. The van der Waals surface area contributed by atoms with Gasteiger partial charge in [-0.05, 0) is 18.9 Å². The van der Waals surface area contributed by atoms with Crippen LogP contribution in [-0.4, -0.2) is 20.1 Å². The fourth-order valence-corrected chi connectivity index (χ4v) is 2.73. The van der Waals surface area contributed by atoms with Crippen LogP contribution in [0.5, 0.6) is 0 Å². The summed E-state index contributed by atoms with van der Waals surface area (Å²) in [4.78, 5) is 0.